The number of aromatic nitrogens is 3. The first kappa shape index (κ1) is 21.0. The third-order valence-electron chi connectivity index (χ3n) is 5.39. The van der Waals surface area contributed by atoms with Crippen molar-refractivity contribution in [2.45, 2.75) is 26.4 Å². The number of benzene rings is 1. The van der Waals surface area contributed by atoms with Crippen molar-refractivity contribution in [2.75, 3.05) is 38.6 Å². The van der Waals surface area contributed by atoms with Gasteiger partial charge in [0, 0.05) is 37.8 Å². The zero-order chi connectivity index (χ0) is 21.8. The first-order valence-electron chi connectivity index (χ1n) is 10.2. The molecule has 1 aromatic carbocycles. The normalized spacial score (nSPS) is 16.2. The number of aryl methyl sites for hydroxylation is 1. The van der Waals surface area contributed by atoms with Gasteiger partial charge in [-0.15, -0.1) is 0 Å². The van der Waals surface area contributed by atoms with E-state index in [1.807, 2.05) is 31.2 Å². The van der Waals surface area contributed by atoms with Crippen LogP contribution >= 0.6 is 0 Å². The van der Waals surface area contributed by atoms with Crippen molar-refractivity contribution < 1.29 is 18.6 Å². The second kappa shape index (κ2) is 9.27. The minimum atomic E-state index is -0.260. The van der Waals surface area contributed by atoms with Gasteiger partial charge in [0.05, 0.1) is 19.7 Å². The van der Waals surface area contributed by atoms with Crippen molar-refractivity contribution in [3.63, 3.8) is 0 Å². The Morgan fingerprint density at radius 3 is 2.55 bits per heavy atom. The molecule has 3 heterocycles. The summed E-state index contributed by atoms with van der Waals surface area (Å²) in [4.78, 5) is 21.4. The first-order chi connectivity index (χ1) is 15.0. The number of nitrogens with one attached hydrogen (secondary N) is 1. The highest BCUT2D eigenvalue weighted by molar-refractivity contribution is 5.93. The van der Waals surface area contributed by atoms with Gasteiger partial charge in [0.2, 0.25) is 17.6 Å². The zero-order valence-electron chi connectivity index (χ0n) is 17.9. The maximum absolute atomic E-state index is 12.5. The summed E-state index contributed by atoms with van der Waals surface area (Å²) in [5, 5.41) is 10.7. The van der Waals surface area contributed by atoms with Crippen molar-refractivity contribution in [1.29, 1.82) is 0 Å². The number of carbonyl (C=O) groups excluding carboxylic acids is 1. The molecule has 0 saturated carbocycles. The predicted octanol–water partition coefficient (Wildman–Crippen LogP) is 2.19. The highest BCUT2D eigenvalue weighted by Crippen LogP contribution is 2.20. The molecule has 0 radical (unpaired) electrons. The quantitative estimate of drug-likeness (QED) is 0.608. The SMILES string of the molecule is COc1ccc(-c2noc(CN3CCN(C(C)C(=O)Nc4cc(C)on4)CC3)n2)cc1. The van der Waals surface area contributed by atoms with Crippen LogP contribution in [0, 0.1) is 6.92 Å². The molecule has 1 amide bonds. The molecule has 1 unspecified atom stereocenters. The number of piperazine rings is 1. The van der Waals surface area contributed by atoms with Crippen LogP contribution in [0.15, 0.2) is 39.4 Å². The smallest absolute Gasteiger partial charge is 0.242 e. The van der Waals surface area contributed by atoms with Gasteiger partial charge >= 0.3 is 0 Å². The lowest BCUT2D eigenvalue weighted by Gasteiger charge is -2.36. The Kier molecular flexibility index (Phi) is 6.28. The van der Waals surface area contributed by atoms with E-state index in [1.54, 1.807) is 20.1 Å². The molecule has 10 nitrogen and oxygen atoms in total. The number of rotatable bonds is 7. The van der Waals surface area contributed by atoms with Crippen molar-refractivity contribution in [2.24, 2.45) is 0 Å². The van der Waals surface area contributed by atoms with E-state index in [4.69, 9.17) is 13.8 Å². The van der Waals surface area contributed by atoms with Crippen LogP contribution in [0.25, 0.3) is 11.4 Å². The molecule has 1 N–H and O–H groups in total. The molecule has 1 saturated heterocycles. The fourth-order valence-electron chi connectivity index (χ4n) is 3.50. The Morgan fingerprint density at radius 1 is 1.16 bits per heavy atom. The van der Waals surface area contributed by atoms with Gasteiger partial charge in [-0.05, 0) is 38.1 Å². The molecule has 0 aliphatic carbocycles. The van der Waals surface area contributed by atoms with E-state index >= 15 is 0 Å². The Balaban J connectivity index is 1.27. The second-order valence-electron chi connectivity index (χ2n) is 7.54. The van der Waals surface area contributed by atoms with Crippen LogP contribution in [-0.4, -0.2) is 70.3 Å². The maximum atomic E-state index is 12.5. The molecule has 1 aliphatic rings. The van der Waals surface area contributed by atoms with Gasteiger partial charge < -0.3 is 19.1 Å². The average molecular weight is 426 g/mol. The van der Waals surface area contributed by atoms with E-state index < -0.39 is 0 Å². The fraction of sp³-hybridized carbons (Fsp3) is 0.429. The van der Waals surface area contributed by atoms with Crippen molar-refractivity contribution in [1.82, 2.24) is 25.1 Å². The molecule has 10 heteroatoms. The highest BCUT2D eigenvalue weighted by Gasteiger charge is 2.27. The van der Waals surface area contributed by atoms with Crippen LogP contribution in [-0.2, 0) is 11.3 Å². The van der Waals surface area contributed by atoms with Crippen molar-refractivity contribution in [3.05, 3.63) is 42.0 Å². The van der Waals surface area contributed by atoms with E-state index in [0.717, 1.165) is 37.5 Å². The summed E-state index contributed by atoms with van der Waals surface area (Å²) in [6, 6.07) is 8.98. The van der Waals surface area contributed by atoms with Gasteiger partial charge in [0.25, 0.3) is 0 Å². The molecule has 0 bridgehead atoms. The molecule has 1 aliphatic heterocycles. The Labute approximate surface area is 180 Å². The predicted molar refractivity (Wildman–Crippen MR) is 112 cm³/mol. The summed E-state index contributed by atoms with van der Waals surface area (Å²) in [5.74, 6) is 2.92. The van der Waals surface area contributed by atoms with E-state index in [1.165, 1.54) is 0 Å². The van der Waals surface area contributed by atoms with Gasteiger partial charge in [-0.3, -0.25) is 14.6 Å². The van der Waals surface area contributed by atoms with Gasteiger partial charge in [0.15, 0.2) is 5.82 Å². The van der Waals surface area contributed by atoms with E-state index in [9.17, 15) is 4.79 Å². The standard InChI is InChI=1S/C21H26N6O4/c1-14-12-18(24-30-14)22-21(28)15(2)27-10-8-26(9-11-27)13-19-23-20(25-31-19)16-4-6-17(29-3)7-5-16/h4-7,12,15H,8-11,13H2,1-3H3,(H,22,24,28). The summed E-state index contributed by atoms with van der Waals surface area (Å²) >= 11 is 0. The molecule has 2 aromatic heterocycles. The topological polar surface area (TPSA) is 110 Å². The van der Waals surface area contributed by atoms with Crippen molar-refractivity contribution in [3.8, 4) is 17.1 Å². The number of carbonyl (C=O) groups is 1. The van der Waals surface area contributed by atoms with Crippen LogP contribution in [0.1, 0.15) is 18.6 Å². The Bertz CT molecular complexity index is 1010. The Hall–Kier alpha value is -3.24. The van der Waals surface area contributed by atoms with E-state index in [0.29, 0.717) is 29.8 Å². The van der Waals surface area contributed by atoms with E-state index in [2.05, 4.69) is 30.4 Å². The van der Waals surface area contributed by atoms with Gasteiger partial charge in [0.1, 0.15) is 11.5 Å². The second-order valence-corrected chi connectivity index (χ2v) is 7.54. The summed E-state index contributed by atoms with van der Waals surface area (Å²) in [5.41, 5.74) is 0.878. The molecule has 3 aromatic rings. The molecular weight excluding hydrogens is 400 g/mol. The Morgan fingerprint density at radius 2 is 1.90 bits per heavy atom. The molecule has 0 spiro atoms. The van der Waals surface area contributed by atoms with Crippen LogP contribution in [0.5, 0.6) is 5.75 Å². The fourth-order valence-corrected chi connectivity index (χ4v) is 3.50. The molecule has 1 atom stereocenters. The summed E-state index contributed by atoms with van der Waals surface area (Å²) < 4.78 is 15.6. The van der Waals surface area contributed by atoms with Crippen LogP contribution in [0.3, 0.4) is 0 Å². The van der Waals surface area contributed by atoms with Crippen molar-refractivity contribution >= 4 is 11.7 Å². The first-order valence-corrected chi connectivity index (χ1v) is 10.2. The maximum Gasteiger partial charge on any atom is 0.242 e. The molecule has 4 rings (SSSR count). The van der Waals surface area contributed by atoms with Gasteiger partial charge in [-0.1, -0.05) is 10.3 Å². The largest absolute Gasteiger partial charge is 0.497 e. The average Bonchev–Trinajstić information content (AvgIpc) is 3.42. The van der Waals surface area contributed by atoms with E-state index in [-0.39, 0.29) is 11.9 Å². The molecular formula is C21H26N6O4. The molecule has 164 valence electrons. The number of methoxy groups -OCH3 is 1. The minimum absolute atomic E-state index is 0.0946. The monoisotopic (exact) mass is 426 g/mol. The van der Waals surface area contributed by atoms with Gasteiger partial charge in [-0.2, -0.15) is 4.98 Å². The zero-order valence-corrected chi connectivity index (χ0v) is 17.9. The number of hydrogen-bond acceptors (Lipinski definition) is 9. The molecule has 31 heavy (non-hydrogen) atoms. The van der Waals surface area contributed by atoms with Crippen LogP contribution < -0.4 is 10.1 Å². The third-order valence-corrected chi connectivity index (χ3v) is 5.39. The number of amides is 1. The number of hydrogen-bond donors (Lipinski definition) is 1. The lowest BCUT2D eigenvalue weighted by Crippen LogP contribution is -2.52. The van der Waals surface area contributed by atoms with Gasteiger partial charge in [-0.25, -0.2) is 0 Å². The van der Waals surface area contributed by atoms with Crippen LogP contribution in [0.4, 0.5) is 5.82 Å². The summed E-state index contributed by atoms with van der Waals surface area (Å²) in [6.07, 6.45) is 0. The molecule has 1 fully saturated rings. The number of ether oxygens (including phenoxy) is 1. The van der Waals surface area contributed by atoms with Crippen LogP contribution in [0.2, 0.25) is 0 Å². The number of anilines is 1. The highest BCUT2D eigenvalue weighted by atomic mass is 16.5. The lowest BCUT2D eigenvalue weighted by atomic mass is 10.2. The summed E-state index contributed by atoms with van der Waals surface area (Å²) in [7, 11) is 1.63. The third kappa shape index (κ3) is 5.09. The lowest BCUT2D eigenvalue weighted by molar-refractivity contribution is -0.121. The number of nitrogens with zero attached hydrogens (tertiary/aromatic N) is 5. The summed E-state index contributed by atoms with van der Waals surface area (Å²) in [6.45, 7) is 7.42. The minimum Gasteiger partial charge on any atom is -0.497 e.